The van der Waals surface area contributed by atoms with Crippen molar-refractivity contribution in [1.82, 2.24) is 0 Å². The Balaban J connectivity index is 1.89. The first-order valence-electron chi connectivity index (χ1n) is 6.61. The van der Waals surface area contributed by atoms with Crippen LogP contribution < -0.4 is 0 Å². The number of rotatable bonds is 3. The quantitative estimate of drug-likeness (QED) is 0.644. The number of benzene rings is 2. The molecule has 0 aliphatic heterocycles. The van der Waals surface area contributed by atoms with Crippen LogP contribution in [0.15, 0.2) is 48.5 Å². The molecule has 1 aliphatic carbocycles. The van der Waals surface area contributed by atoms with Crippen molar-refractivity contribution in [1.29, 1.82) is 5.26 Å². The maximum absolute atomic E-state index is 11.6. The number of esters is 1. The number of carbonyl (C=O) groups is 1. The van der Waals surface area contributed by atoms with Gasteiger partial charge in [0.15, 0.2) is 0 Å². The van der Waals surface area contributed by atoms with Crippen molar-refractivity contribution in [3.63, 3.8) is 0 Å². The molecule has 3 nitrogen and oxygen atoms in total. The number of nitriles is 1. The fourth-order valence-corrected chi connectivity index (χ4v) is 2.79. The van der Waals surface area contributed by atoms with Crippen LogP contribution in [0.4, 0.5) is 0 Å². The summed E-state index contributed by atoms with van der Waals surface area (Å²) in [5.74, 6) is -0.704. The van der Waals surface area contributed by atoms with Crippen molar-refractivity contribution in [2.24, 2.45) is 0 Å². The minimum atomic E-state index is -1.25. The van der Waals surface area contributed by atoms with Crippen LogP contribution in [-0.4, -0.2) is 18.0 Å². The predicted octanol–water partition coefficient (Wildman–Crippen LogP) is 3.47. The lowest BCUT2D eigenvalue weighted by Gasteiger charge is -2.14. The smallest absolute Gasteiger partial charge is 0.338 e. The lowest BCUT2D eigenvalue weighted by molar-refractivity contribution is -0.142. The molecule has 21 heavy (non-hydrogen) atoms. The zero-order valence-electron chi connectivity index (χ0n) is 11.1. The Labute approximate surface area is 127 Å². The Bertz CT molecular complexity index is 690. The SMILES string of the molecule is N#CC(Cl)C(=O)OCC1c2ccccc2-c2ccccc21. The first-order chi connectivity index (χ1) is 10.2. The molecule has 0 spiro atoms. The second kappa shape index (κ2) is 5.59. The Morgan fingerprint density at radius 2 is 1.67 bits per heavy atom. The van der Waals surface area contributed by atoms with Crippen molar-refractivity contribution in [3.05, 3.63) is 59.7 Å². The average molecular weight is 298 g/mol. The van der Waals surface area contributed by atoms with Gasteiger partial charge in [-0.05, 0) is 22.3 Å². The van der Waals surface area contributed by atoms with Gasteiger partial charge in [-0.1, -0.05) is 60.1 Å². The standard InChI is InChI=1S/C17H12ClNO2/c18-16(9-19)17(20)21-10-15-13-7-3-1-5-11(13)12-6-2-4-8-14(12)15/h1-8,15-16H,10H2. The number of alkyl halides is 1. The summed E-state index contributed by atoms with van der Waals surface area (Å²) in [6.07, 6.45) is 0. The van der Waals surface area contributed by atoms with Crippen LogP contribution >= 0.6 is 11.6 Å². The van der Waals surface area contributed by atoms with Crippen molar-refractivity contribution in [2.45, 2.75) is 11.3 Å². The van der Waals surface area contributed by atoms with Crippen LogP contribution in [0.5, 0.6) is 0 Å². The highest BCUT2D eigenvalue weighted by Gasteiger charge is 2.29. The molecule has 1 atom stereocenters. The lowest BCUT2D eigenvalue weighted by atomic mass is 9.98. The number of nitrogens with zero attached hydrogens (tertiary/aromatic N) is 1. The summed E-state index contributed by atoms with van der Waals surface area (Å²) in [5.41, 5.74) is 4.60. The highest BCUT2D eigenvalue weighted by molar-refractivity contribution is 6.31. The van der Waals surface area contributed by atoms with E-state index in [1.807, 2.05) is 36.4 Å². The van der Waals surface area contributed by atoms with Crippen molar-refractivity contribution >= 4 is 17.6 Å². The monoisotopic (exact) mass is 297 g/mol. The van der Waals surface area contributed by atoms with Gasteiger partial charge in [-0.2, -0.15) is 5.26 Å². The molecular weight excluding hydrogens is 286 g/mol. The number of hydrogen-bond donors (Lipinski definition) is 0. The number of carbonyl (C=O) groups excluding carboxylic acids is 1. The first kappa shape index (κ1) is 13.7. The maximum atomic E-state index is 11.6. The van der Waals surface area contributed by atoms with Gasteiger partial charge in [0.25, 0.3) is 0 Å². The van der Waals surface area contributed by atoms with Gasteiger partial charge in [0, 0.05) is 5.92 Å². The van der Waals surface area contributed by atoms with E-state index in [0.29, 0.717) is 0 Å². The van der Waals surface area contributed by atoms with Gasteiger partial charge < -0.3 is 4.74 Å². The molecule has 0 amide bonds. The molecule has 1 unspecified atom stereocenters. The largest absolute Gasteiger partial charge is 0.463 e. The average Bonchev–Trinajstić information content (AvgIpc) is 2.86. The van der Waals surface area contributed by atoms with E-state index in [1.165, 1.54) is 0 Å². The molecule has 0 N–H and O–H groups in total. The first-order valence-corrected chi connectivity index (χ1v) is 7.04. The summed E-state index contributed by atoms with van der Waals surface area (Å²) >= 11 is 5.57. The van der Waals surface area contributed by atoms with E-state index in [-0.39, 0.29) is 12.5 Å². The molecule has 0 aromatic heterocycles. The second-order valence-electron chi connectivity index (χ2n) is 4.85. The van der Waals surface area contributed by atoms with Gasteiger partial charge in [0.2, 0.25) is 5.38 Å². The number of halogens is 1. The normalized spacial score (nSPS) is 13.9. The van der Waals surface area contributed by atoms with Gasteiger partial charge in [-0.25, -0.2) is 4.79 Å². The highest BCUT2D eigenvalue weighted by Crippen LogP contribution is 2.44. The molecule has 1 aliphatic rings. The molecule has 2 aromatic carbocycles. The number of fused-ring (bicyclic) bond motifs is 3. The molecule has 0 radical (unpaired) electrons. The van der Waals surface area contributed by atoms with E-state index < -0.39 is 11.3 Å². The highest BCUT2D eigenvalue weighted by atomic mass is 35.5. The van der Waals surface area contributed by atoms with Gasteiger partial charge >= 0.3 is 5.97 Å². The fourth-order valence-electron chi connectivity index (χ4n) is 2.73. The third-order valence-electron chi connectivity index (χ3n) is 3.68. The molecule has 0 bridgehead atoms. The van der Waals surface area contributed by atoms with Crippen LogP contribution in [0.1, 0.15) is 17.0 Å². The minimum Gasteiger partial charge on any atom is -0.463 e. The Morgan fingerprint density at radius 3 is 2.19 bits per heavy atom. The minimum absolute atomic E-state index is 0.0103. The lowest BCUT2D eigenvalue weighted by Crippen LogP contribution is -2.19. The zero-order valence-corrected chi connectivity index (χ0v) is 11.9. The third kappa shape index (κ3) is 2.39. The maximum Gasteiger partial charge on any atom is 0.338 e. The third-order valence-corrected chi connectivity index (χ3v) is 3.95. The van der Waals surface area contributed by atoms with E-state index in [9.17, 15) is 4.79 Å². The number of hydrogen-bond acceptors (Lipinski definition) is 3. The van der Waals surface area contributed by atoms with E-state index in [1.54, 1.807) is 6.07 Å². The van der Waals surface area contributed by atoms with E-state index >= 15 is 0 Å². The van der Waals surface area contributed by atoms with Gasteiger partial charge in [0.05, 0.1) is 6.07 Å². The molecule has 0 saturated heterocycles. The van der Waals surface area contributed by atoms with Gasteiger partial charge in [-0.3, -0.25) is 0 Å². The number of ether oxygens (including phenoxy) is 1. The summed E-state index contributed by atoms with van der Waals surface area (Å²) in [5, 5.41) is 7.38. The predicted molar refractivity (Wildman–Crippen MR) is 79.9 cm³/mol. The van der Waals surface area contributed by atoms with Gasteiger partial charge in [-0.15, -0.1) is 0 Å². The Morgan fingerprint density at radius 1 is 1.14 bits per heavy atom. The zero-order chi connectivity index (χ0) is 14.8. The molecule has 0 saturated carbocycles. The summed E-state index contributed by atoms with van der Waals surface area (Å²) < 4.78 is 5.20. The van der Waals surface area contributed by atoms with E-state index in [0.717, 1.165) is 22.3 Å². The van der Waals surface area contributed by atoms with Crippen molar-refractivity contribution < 1.29 is 9.53 Å². The molecule has 0 heterocycles. The summed E-state index contributed by atoms with van der Waals surface area (Å²) in [4.78, 5) is 11.6. The molecular formula is C17H12ClNO2. The fraction of sp³-hybridized carbons (Fsp3) is 0.176. The molecule has 104 valence electrons. The van der Waals surface area contributed by atoms with Crippen LogP contribution in [0.25, 0.3) is 11.1 Å². The van der Waals surface area contributed by atoms with Crippen molar-refractivity contribution in [3.8, 4) is 17.2 Å². The Hall–Kier alpha value is -2.31. The summed E-state index contributed by atoms with van der Waals surface area (Å²) in [6, 6.07) is 17.8. The molecule has 3 rings (SSSR count). The summed E-state index contributed by atoms with van der Waals surface area (Å²) in [6.45, 7) is 0.192. The van der Waals surface area contributed by atoms with E-state index in [2.05, 4.69) is 12.1 Å². The summed E-state index contributed by atoms with van der Waals surface area (Å²) in [7, 11) is 0. The van der Waals surface area contributed by atoms with Crippen LogP contribution in [0, 0.1) is 11.3 Å². The molecule has 4 heteroatoms. The molecule has 2 aromatic rings. The van der Waals surface area contributed by atoms with Crippen LogP contribution in [0.2, 0.25) is 0 Å². The van der Waals surface area contributed by atoms with Gasteiger partial charge in [0.1, 0.15) is 6.61 Å². The van der Waals surface area contributed by atoms with E-state index in [4.69, 9.17) is 21.6 Å². The molecule has 0 fully saturated rings. The Kier molecular flexibility index (Phi) is 3.64. The second-order valence-corrected chi connectivity index (χ2v) is 5.29. The van der Waals surface area contributed by atoms with Crippen LogP contribution in [0.3, 0.4) is 0 Å². The van der Waals surface area contributed by atoms with Crippen LogP contribution in [-0.2, 0) is 9.53 Å². The topological polar surface area (TPSA) is 50.1 Å². The van der Waals surface area contributed by atoms with Crippen molar-refractivity contribution in [2.75, 3.05) is 6.61 Å².